The van der Waals surface area contributed by atoms with Gasteiger partial charge >= 0.3 is 0 Å². The summed E-state index contributed by atoms with van der Waals surface area (Å²) in [6.07, 6.45) is 3.76. The first-order valence-corrected chi connectivity index (χ1v) is 8.24. The van der Waals surface area contributed by atoms with E-state index < -0.39 is 0 Å². The Morgan fingerprint density at radius 3 is 2.76 bits per heavy atom. The lowest BCUT2D eigenvalue weighted by Crippen LogP contribution is -2.23. The number of fused-ring (bicyclic) bond motifs is 1. The fourth-order valence-electron chi connectivity index (χ4n) is 2.32. The van der Waals surface area contributed by atoms with Crippen molar-refractivity contribution >= 4 is 23.1 Å². The van der Waals surface area contributed by atoms with E-state index in [2.05, 4.69) is 10.3 Å². The Morgan fingerprint density at radius 2 is 1.92 bits per heavy atom. The first kappa shape index (κ1) is 16.9. The number of rotatable bonds is 8. The largest absolute Gasteiger partial charge is 0.437 e. The van der Waals surface area contributed by atoms with Crippen LogP contribution in [-0.4, -0.2) is 24.0 Å². The van der Waals surface area contributed by atoms with Gasteiger partial charge in [0.1, 0.15) is 5.52 Å². The number of carbonyl (C=O) groups is 1. The van der Waals surface area contributed by atoms with Crippen molar-refractivity contribution in [2.45, 2.75) is 13.0 Å². The minimum atomic E-state index is -0.176. The first-order chi connectivity index (χ1) is 12.3. The molecule has 1 N–H and O–H groups in total. The molecule has 128 valence electrons. The van der Waals surface area contributed by atoms with E-state index in [9.17, 15) is 4.79 Å². The minimum Gasteiger partial charge on any atom is -0.437 e. The number of hydrogen-bond acceptors (Lipinski definition) is 4. The number of aromatic nitrogens is 1. The highest BCUT2D eigenvalue weighted by Crippen LogP contribution is 2.15. The molecule has 1 amide bonds. The third-order valence-corrected chi connectivity index (χ3v) is 3.56. The molecule has 25 heavy (non-hydrogen) atoms. The Hall–Kier alpha value is -2.92. The molecule has 0 saturated heterocycles. The van der Waals surface area contributed by atoms with Crippen LogP contribution in [0.1, 0.15) is 17.9 Å². The molecule has 0 aliphatic carbocycles. The van der Waals surface area contributed by atoms with Crippen molar-refractivity contribution in [3.05, 3.63) is 72.1 Å². The van der Waals surface area contributed by atoms with Gasteiger partial charge in [-0.25, -0.2) is 4.98 Å². The van der Waals surface area contributed by atoms with Crippen LogP contribution in [0.5, 0.6) is 0 Å². The summed E-state index contributed by atoms with van der Waals surface area (Å²) in [7, 11) is 0. The fourth-order valence-corrected chi connectivity index (χ4v) is 2.32. The van der Waals surface area contributed by atoms with E-state index in [4.69, 9.17) is 9.15 Å². The van der Waals surface area contributed by atoms with Gasteiger partial charge in [0.2, 0.25) is 11.8 Å². The molecule has 0 unspecified atom stereocenters. The summed E-state index contributed by atoms with van der Waals surface area (Å²) in [6, 6.07) is 17.5. The van der Waals surface area contributed by atoms with Gasteiger partial charge in [0, 0.05) is 25.3 Å². The van der Waals surface area contributed by atoms with Gasteiger partial charge in [0.25, 0.3) is 0 Å². The molecule has 0 aliphatic rings. The molecule has 2 aromatic carbocycles. The van der Waals surface area contributed by atoms with Crippen LogP contribution in [-0.2, 0) is 16.1 Å². The molecule has 0 bridgehead atoms. The number of benzene rings is 2. The molecular formula is C20H20N2O3. The SMILES string of the molecule is O=C(/C=C/c1nc2ccccc2o1)NCCCOCc1ccccc1. The maximum atomic E-state index is 11.8. The molecule has 1 aromatic heterocycles. The second kappa shape index (κ2) is 8.80. The van der Waals surface area contributed by atoms with Crippen LogP contribution in [0.4, 0.5) is 0 Å². The van der Waals surface area contributed by atoms with E-state index >= 15 is 0 Å². The van der Waals surface area contributed by atoms with Crippen molar-refractivity contribution in [3.8, 4) is 0 Å². The molecule has 0 saturated carbocycles. The molecule has 3 rings (SSSR count). The molecule has 0 atom stereocenters. The van der Waals surface area contributed by atoms with E-state index in [0.29, 0.717) is 31.2 Å². The van der Waals surface area contributed by atoms with E-state index in [1.165, 1.54) is 6.08 Å². The Labute approximate surface area is 146 Å². The molecule has 0 fully saturated rings. The summed E-state index contributed by atoms with van der Waals surface area (Å²) in [5.41, 5.74) is 2.63. The standard InChI is InChI=1S/C20H20N2O3/c23-19(11-12-20-22-17-9-4-5-10-18(17)25-20)21-13-6-14-24-15-16-7-2-1-3-8-16/h1-5,7-12H,6,13-15H2,(H,21,23)/b12-11+. The van der Waals surface area contributed by atoms with Gasteiger partial charge in [0.15, 0.2) is 5.58 Å². The van der Waals surface area contributed by atoms with E-state index in [1.54, 1.807) is 6.08 Å². The lowest BCUT2D eigenvalue weighted by atomic mass is 10.2. The average Bonchev–Trinajstić information content (AvgIpc) is 3.07. The predicted molar refractivity (Wildman–Crippen MR) is 96.8 cm³/mol. The molecule has 0 aliphatic heterocycles. The predicted octanol–water partition coefficient (Wildman–Crippen LogP) is 3.56. The summed E-state index contributed by atoms with van der Waals surface area (Å²) in [6.45, 7) is 1.75. The van der Waals surface area contributed by atoms with Gasteiger partial charge in [-0.1, -0.05) is 42.5 Å². The number of para-hydroxylation sites is 2. The zero-order chi connectivity index (χ0) is 17.3. The zero-order valence-corrected chi connectivity index (χ0v) is 13.9. The van der Waals surface area contributed by atoms with Crippen LogP contribution >= 0.6 is 0 Å². The van der Waals surface area contributed by atoms with Gasteiger partial charge in [-0.2, -0.15) is 0 Å². The highest BCUT2D eigenvalue weighted by atomic mass is 16.5. The molecule has 5 nitrogen and oxygen atoms in total. The Bertz CT molecular complexity index is 807. The molecule has 0 spiro atoms. The first-order valence-electron chi connectivity index (χ1n) is 8.24. The van der Waals surface area contributed by atoms with Crippen molar-refractivity contribution < 1.29 is 13.9 Å². The van der Waals surface area contributed by atoms with Crippen molar-refractivity contribution in [2.24, 2.45) is 0 Å². The Morgan fingerprint density at radius 1 is 1.12 bits per heavy atom. The van der Waals surface area contributed by atoms with Crippen LogP contribution in [0.3, 0.4) is 0 Å². The highest BCUT2D eigenvalue weighted by Gasteiger charge is 2.02. The summed E-state index contributed by atoms with van der Waals surface area (Å²) in [4.78, 5) is 16.1. The van der Waals surface area contributed by atoms with Gasteiger partial charge in [-0.15, -0.1) is 0 Å². The second-order valence-corrected chi connectivity index (χ2v) is 5.54. The lowest BCUT2D eigenvalue weighted by molar-refractivity contribution is -0.116. The smallest absolute Gasteiger partial charge is 0.244 e. The van der Waals surface area contributed by atoms with Crippen molar-refractivity contribution in [2.75, 3.05) is 13.2 Å². The number of ether oxygens (including phenoxy) is 1. The summed E-state index contributed by atoms with van der Waals surface area (Å²) >= 11 is 0. The van der Waals surface area contributed by atoms with Crippen LogP contribution in [0, 0.1) is 0 Å². The van der Waals surface area contributed by atoms with Crippen molar-refractivity contribution in [1.29, 1.82) is 0 Å². The van der Waals surface area contributed by atoms with Gasteiger partial charge in [0.05, 0.1) is 6.61 Å². The molecule has 1 heterocycles. The monoisotopic (exact) mass is 336 g/mol. The third-order valence-electron chi connectivity index (χ3n) is 3.56. The molecule has 3 aromatic rings. The highest BCUT2D eigenvalue weighted by molar-refractivity contribution is 5.91. The molecule has 0 radical (unpaired) electrons. The van der Waals surface area contributed by atoms with E-state index in [1.807, 2.05) is 54.6 Å². The normalized spacial score (nSPS) is 11.2. The van der Waals surface area contributed by atoms with Gasteiger partial charge in [-0.05, 0) is 24.1 Å². The number of oxazole rings is 1. The number of nitrogens with zero attached hydrogens (tertiary/aromatic N) is 1. The van der Waals surface area contributed by atoms with Crippen LogP contribution in [0.2, 0.25) is 0 Å². The van der Waals surface area contributed by atoms with Gasteiger partial charge in [-0.3, -0.25) is 4.79 Å². The number of amides is 1. The van der Waals surface area contributed by atoms with Crippen molar-refractivity contribution in [3.63, 3.8) is 0 Å². The van der Waals surface area contributed by atoms with Gasteiger partial charge < -0.3 is 14.5 Å². The number of hydrogen-bond donors (Lipinski definition) is 1. The fraction of sp³-hybridized carbons (Fsp3) is 0.200. The number of carbonyl (C=O) groups excluding carboxylic acids is 1. The van der Waals surface area contributed by atoms with E-state index in [0.717, 1.165) is 17.5 Å². The number of nitrogens with one attached hydrogen (secondary N) is 1. The quantitative estimate of drug-likeness (QED) is 0.504. The zero-order valence-electron chi connectivity index (χ0n) is 13.9. The maximum Gasteiger partial charge on any atom is 0.244 e. The van der Waals surface area contributed by atoms with Crippen LogP contribution in [0.15, 0.2) is 65.1 Å². The molecular weight excluding hydrogens is 316 g/mol. The van der Waals surface area contributed by atoms with Crippen molar-refractivity contribution in [1.82, 2.24) is 10.3 Å². The third kappa shape index (κ3) is 5.29. The van der Waals surface area contributed by atoms with Crippen LogP contribution < -0.4 is 5.32 Å². The van der Waals surface area contributed by atoms with E-state index in [-0.39, 0.29) is 5.91 Å². The maximum absolute atomic E-state index is 11.8. The Balaban J connectivity index is 1.34. The summed E-state index contributed by atoms with van der Waals surface area (Å²) < 4.78 is 11.1. The molecule has 5 heteroatoms. The Kier molecular flexibility index (Phi) is 5.96. The summed E-state index contributed by atoms with van der Waals surface area (Å²) in [5, 5.41) is 2.81. The minimum absolute atomic E-state index is 0.176. The lowest BCUT2D eigenvalue weighted by Gasteiger charge is -2.04. The second-order valence-electron chi connectivity index (χ2n) is 5.54. The van der Waals surface area contributed by atoms with Crippen LogP contribution in [0.25, 0.3) is 17.2 Å². The summed E-state index contributed by atoms with van der Waals surface area (Å²) in [5.74, 6) is 0.243. The average molecular weight is 336 g/mol. The topological polar surface area (TPSA) is 64.4 Å².